The molecule has 3 nitrogen and oxygen atoms in total. The van der Waals surface area contributed by atoms with Crippen LogP contribution in [-0.4, -0.2) is 16.7 Å². The zero-order valence-corrected chi connectivity index (χ0v) is 6.44. The molecule has 12 heavy (non-hydrogen) atoms. The van der Waals surface area contributed by atoms with Crippen LogP contribution in [-0.2, 0) is 0 Å². The van der Waals surface area contributed by atoms with Crippen molar-refractivity contribution in [2.45, 2.75) is 0 Å². The van der Waals surface area contributed by atoms with Gasteiger partial charge in [-0.25, -0.2) is 0 Å². The number of hydrogen-bond acceptors (Lipinski definition) is 3. The lowest BCUT2D eigenvalue weighted by Gasteiger charge is -1.97. The van der Waals surface area contributed by atoms with Gasteiger partial charge < -0.3 is 0 Å². The number of rotatable bonds is 1. The third-order valence-electron chi connectivity index (χ3n) is 1.65. The third-order valence-corrected chi connectivity index (χ3v) is 1.65. The van der Waals surface area contributed by atoms with Gasteiger partial charge in [-0.05, 0) is 18.9 Å². The fourth-order valence-electron chi connectivity index (χ4n) is 1.11. The molecule has 1 aromatic heterocycles. The van der Waals surface area contributed by atoms with E-state index in [-0.39, 0.29) is 0 Å². The molecular formula is C9H7N3. The van der Waals surface area contributed by atoms with E-state index in [1.54, 1.807) is 12.4 Å². The first-order valence-corrected chi connectivity index (χ1v) is 3.58. The van der Waals surface area contributed by atoms with Gasteiger partial charge >= 0.3 is 0 Å². The summed E-state index contributed by atoms with van der Waals surface area (Å²) in [6, 6.07) is 5.65. The molecule has 0 aliphatic carbocycles. The molecule has 0 aliphatic heterocycles. The van der Waals surface area contributed by atoms with Crippen molar-refractivity contribution in [2.75, 3.05) is 0 Å². The minimum atomic E-state index is 0.778. The quantitative estimate of drug-likeness (QED) is 0.593. The van der Waals surface area contributed by atoms with Gasteiger partial charge in [0.2, 0.25) is 0 Å². The Kier molecular flexibility index (Phi) is 1.55. The molecule has 0 fully saturated rings. The Morgan fingerprint density at radius 1 is 1.17 bits per heavy atom. The highest BCUT2D eigenvalue weighted by atomic mass is 14.8. The summed E-state index contributed by atoms with van der Waals surface area (Å²) in [5.41, 5.74) is 2.43. The Morgan fingerprint density at radius 2 is 2.00 bits per heavy atom. The summed E-state index contributed by atoms with van der Waals surface area (Å²) in [6.45, 7) is 3.46. The first kappa shape index (κ1) is 6.91. The molecule has 0 bridgehead atoms. The Balaban J connectivity index is 2.88. The lowest BCUT2D eigenvalue weighted by molar-refractivity contribution is 1.29. The van der Waals surface area contributed by atoms with Crippen LogP contribution in [0.25, 0.3) is 11.0 Å². The van der Waals surface area contributed by atoms with E-state index < -0.39 is 0 Å². The van der Waals surface area contributed by atoms with Gasteiger partial charge in [0.1, 0.15) is 5.52 Å². The third kappa shape index (κ3) is 0.955. The number of aromatic nitrogens is 2. The standard InChI is InChI=1S/C9H7N3/c1-10-7-3-2-4-8-9(7)12-6-5-11-8/h2-6H,1H2. The second-order valence-corrected chi connectivity index (χ2v) is 2.36. The summed E-state index contributed by atoms with van der Waals surface area (Å²) in [7, 11) is 0. The Hall–Kier alpha value is -1.77. The smallest absolute Gasteiger partial charge is 0.114 e. The van der Waals surface area contributed by atoms with E-state index >= 15 is 0 Å². The summed E-state index contributed by atoms with van der Waals surface area (Å²) in [6.07, 6.45) is 3.31. The van der Waals surface area contributed by atoms with Crippen molar-refractivity contribution in [3.8, 4) is 0 Å². The van der Waals surface area contributed by atoms with E-state index in [0.29, 0.717) is 0 Å². The maximum atomic E-state index is 4.16. The van der Waals surface area contributed by atoms with Gasteiger partial charge in [-0.3, -0.25) is 15.0 Å². The molecule has 0 aliphatic rings. The van der Waals surface area contributed by atoms with Crippen LogP contribution in [0, 0.1) is 0 Å². The Morgan fingerprint density at radius 3 is 2.83 bits per heavy atom. The van der Waals surface area contributed by atoms with Crippen molar-refractivity contribution in [1.82, 2.24) is 9.97 Å². The van der Waals surface area contributed by atoms with Crippen LogP contribution >= 0.6 is 0 Å². The van der Waals surface area contributed by atoms with E-state index in [1.807, 2.05) is 18.2 Å². The number of para-hydroxylation sites is 1. The molecule has 1 heterocycles. The lowest BCUT2D eigenvalue weighted by Crippen LogP contribution is -1.81. The number of hydrogen-bond donors (Lipinski definition) is 0. The highest BCUT2D eigenvalue weighted by Gasteiger charge is 1.98. The molecule has 0 saturated carbocycles. The molecule has 2 rings (SSSR count). The largest absolute Gasteiger partial charge is 0.262 e. The SMILES string of the molecule is C=Nc1cccc2nccnc12. The predicted octanol–water partition coefficient (Wildman–Crippen LogP) is 1.96. The second-order valence-electron chi connectivity index (χ2n) is 2.36. The van der Waals surface area contributed by atoms with Crippen LogP contribution in [0.4, 0.5) is 5.69 Å². The van der Waals surface area contributed by atoms with Gasteiger partial charge in [0.25, 0.3) is 0 Å². The molecule has 0 radical (unpaired) electrons. The van der Waals surface area contributed by atoms with Crippen LogP contribution in [0.15, 0.2) is 35.6 Å². The van der Waals surface area contributed by atoms with Gasteiger partial charge in [0.05, 0.1) is 11.2 Å². The Labute approximate surface area is 69.8 Å². The highest BCUT2D eigenvalue weighted by molar-refractivity contribution is 5.86. The fraction of sp³-hybridized carbons (Fsp3) is 0. The lowest BCUT2D eigenvalue weighted by atomic mass is 10.2. The molecule has 2 aromatic rings. The Bertz CT molecular complexity index is 418. The summed E-state index contributed by atoms with van der Waals surface area (Å²) in [5, 5.41) is 0. The minimum absolute atomic E-state index is 0.778. The fourth-order valence-corrected chi connectivity index (χ4v) is 1.11. The summed E-state index contributed by atoms with van der Waals surface area (Å²) in [5.74, 6) is 0. The van der Waals surface area contributed by atoms with Crippen molar-refractivity contribution in [3.63, 3.8) is 0 Å². The van der Waals surface area contributed by atoms with Crippen molar-refractivity contribution in [1.29, 1.82) is 0 Å². The maximum Gasteiger partial charge on any atom is 0.114 e. The number of aliphatic imine (C=N–C) groups is 1. The first-order valence-electron chi connectivity index (χ1n) is 3.58. The number of nitrogens with zero attached hydrogens (tertiary/aromatic N) is 3. The zero-order chi connectivity index (χ0) is 8.39. The summed E-state index contributed by atoms with van der Waals surface area (Å²) >= 11 is 0. The van der Waals surface area contributed by atoms with E-state index in [0.717, 1.165) is 16.7 Å². The van der Waals surface area contributed by atoms with Crippen LogP contribution < -0.4 is 0 Å². The summed E-state index contributed by atoms with van der Waals surface area (Å²) in [4.78, 5) is 12.1. The predicted molar refractivity (Wildman–Crippen MR) is 48.7 cm³/mol. The average molecular weight is 157 g/mol. The van der Waals surface area contributed by atoms with Crippen molar-refractivity contribution in [3.05, 3.63) is 30.6 Å². The molecule has 0 spiro atoms. The van der Waals surface area contributed by atoms with Crippen molar-refractivity contribution < 1.29 is 0 Å². The van der Waals surface area contributed by atoms with E-state index in [9.17, 15) is 0 Å². The molecular weight excluding hydrogens is 150 g/mol. The molecule has 0 unspecified atom stereocenters. The molecule has 1 aromatic carbocycles. The molecule has 3 heteroatoms. The van der Waals surface area contributed by atoms with Gasteiger partial charge in [0.15, 0.2) is 0 Å². The van der Waals surface area contributed by atoms with Gasteiger partial charge in [-0.2, -0.15) is 0 Å². The van der Waals surface area contributed by atoms with Crippen molar-refractivity contribution >= 4 is 23.4 Å². The number of fused-ring (bicyclic) bond motifs is 1. The van der Waals surface area contributed by atoms with Gasteiger partial charge in [-0.15, -0.1) is 0 Å². The molecule has 58 valence electrons. The first-order chi connectivity index (χ1) is 5.92. The second kappa shape index (κ2) is 2.70. The zero-order valence-electron chi connectivity index (χ0n) is 6.44. The van der Waals surface area contributed by atoms with Crippen LogP contribution in [0.2, 0.25) is 0 Å². The van der Waals surface area contributed by atoms with E-state index in [1.165, 1.54) is 0 Å². The van der Waals surface area contributed by atoms with E-state index in [2.05, 4.69) is 21.7 Å². The van der Waals surface area contributed by atoms with Gasteiger partial charge in [0, 0.05) is 12.4 Å². The topological polar surface area (TPSA) is 38.1 Å². The maximum absolute atomic E-state index is 4.16. The minimum Gasteiger partial charge on any atom is -0.262 e. The van der Waals surface area contributed by atoms with Crippen LogP contribution in [0.5, 0.6) is 0 Å². The molecule has 0 amide bonds. The van der Waals surface area contributed by atoms with E-state index in [4.69, 9.17) is 0 Å². The van der Waals surface area contributed by atoms with Crippen molar-refractivity contribution in [2.24, 2.45) is 4.99 Å². The van der Waals surface area contributed by atoms with Crippen LogP contribution in [0.3, 0.4) is 0 Å². The number of benzene rings is 1. The molecule has 0 N–H and O–H groups in total. The molecule has 0 atom stereocenters. The summed E-state index contributed by atoms with van der Waals surface area (Å²) < 4.78 is 0. The highest BCUT2D eigenvalue weighted by Crippen LogP contribution is 2.20. The monoisotopic (exact) mass is 157 g/mol. The normalized spacial score (nSPS) is 10.0. The molecule has 0 saturated heterocycles. The van der Waals surface area contributed by atoms with Crippen LogP contribution in [0.1, 0.15) is 0 Å². The van der Waals surface area contributed by atoms with Gasteiger partial charge in [-0.1, -0.05) is 6.07 Å². The average Bonchev–Trinajstić information content (AvgIpc) is 2.17.